The first-order chi connectivity index (χ1) is 11.0. The van der Waals surface area contributed by atoms with Crippen molar-refractivity contribution in [3.05, 3.63) is 28.8 Å². The Labute approximate surface area is 143 Å². The Morgan fingerprint density at radius 3 is 2.96 bits per heavy atom. The average Bonchev–Trinajstić information content (AvgIpc) is 2.92. The number of ether oxygens (including phenoxy) is 1. The lowest BCUT2D eigenvalue weighted by atomic mass is 9.76. The van der Waals surface area contributed by atoms with Crippen LogP contribution in [0.4, 0.5) is 10.5 Å². The van der Waals surface area contributed by atoms with Gasteiger partial charge in [-0.15, -0.1) is 0 Å². The molecule has 1 aliphatic heterocycles. The van der Waals surface area contributed by atoms with Crippen molar-refractivity contribution in [3.63, 3.8) is 0 Å². The number of halogens is 1. The molecule has 0 aromatic heterocycles. The summed E-state index contributed by atoms with van der Waals surface area (Å²) in [6.07, 6.45) is 5.95. The topological polar surface area (TPSA) is 41.6 Å². The van der Waals surface area contributed by atoms with Crippen LogP contribution in [0.3, 0.4) is 0 Å². The van der Waals surface area contributed by atoms with E-state index in [9.17, 15) is 4.79 Å². The van der Waals surface area contributed by atoms with E-state index in [-0.39, 0.29) is 17.6 Å². The van der Waals surface area contributed by atoms with E-state index in [1.165, 1.54) is 6.42 Å². The number of hydrogen-bond acceptors (Lipinski definition) is 2. The zero-order valence-electron chi connectivity index (χ0n) is 13.9. The van der Waals surface area contributed by atoms with Crippen molar-refractivity contribution in [3.8, 4) is 0 Å². The fourth-order valence-electron chi connectivity index (χ4n) is 4.20. The van der Waals surface area contributed by atoms with Gasteiger partial charge in [-0.25, -0.2) is 4.79 Å². The Bertz CT molecular complexity index is 592. The van der Waals surface area contributed by atoms with Crippen molar-refractivity contribution < 1.29 is 9.53 Å². The number of nitrogens with one attached hydrogen (secondary N) is 1. The molecule has 2 amide bonds. The number of piperidine rings is 1. The van der Waals surface area contributed by atoms with Crippen LogP contribution in [0.1, 0.15) is 37.7 Å². The van der Waals surface area contributed by atoms with E-state index >= 15 is 0 Å². The van der Waals surface area contributed by atoms with Gasteiger partial charge in [0.2, 0.25) is 0 Å². The van der Waals surface area contributed by atoms with Crippen LogP contribution in [-0.2, 0) is 4.74 Å². The average molecular weight is 337 g/mol. The first kappa shape index (κ1) is 16.6. The minimum atomic E-state index is -0.0313. The maximum absolute atomic E-state index is 12.7. The summed E-state index contributed by atoms with van der Waals surface area (Å²) in [5.41, 5.74) is 1.95. The molecule has 0 unspecified atom stereocenters. The van der Waals surface area contributed by atoms with Crippen molar-refractivity contribution in [1.82, 2.24) is 4.90 Å². The standard InChI is InChI=1S/C18H25ClN2O2/c1-13-6-7-14(19)11-15(13)20-17(22)21-10-4-9-18(12-21)8-3-5-16(18)23-2/h6-7,11,16H,3-5,8-10,12H2,1-2H3,(H,20,22)/t16-,18-/m1/s1. The number of hydrogen-bond donors (Lipinski definition) is 1. The summed E-state index contributed by atoms with van der Waals surface area (Å²) >= 11 is 6.04. The van der Waals surface area contributed by atoms with Crippen LogP contribution in [0.15, 0.2) is 18.2 Å². The second kappa shape index (κ2) is 6.70. The summed E-state index contributed by atoms with van der Waals surface area (Å²) in [5, 5.41) is 3.66. The molecule has 1 saturated carbocycles. The number of nitrogens with zero attached hydrogens (tertiary/aromatic N) is 1. The molecule has 2 aliphatic rings. The van der Waals surface area contributed by atoms with Crippen molar-refractivity contribution >= 4 is 23.3 Å². The predicted molar refractivity (Wildman–Crippen MR) is 93.1 cm³/mol. The molecule has 2 atom stereocenters. The number of likely N-dealkylation sites (tertiary alicyclic amines) is 1. The molecule has 1 heterocycles. The molecule has 1 aliphatic carbocycles. The van der Waals surface area contributed by atoms with Crippen LogP contribution in [0.2, 0.25) is 5.02 Å². The van der Waals surface area contributed by atoms with Crippen molar-refractivity contribution in [2.24, 2.45) is 5.41 Å². The first-order valence-corrected chi connectivity index (χ1v) is 8.77. The van der Waals surface area contributed by atoms with Gasteiger partial charge in [0, 0.05) is 36.3 Å². The van der Waals surface area contributed by atoms with Gasteiger partial charge in [-0.2, -0.15) is 0 Å². The van der Waals surface area contributed by atoms with E-state index in [4.69, 9.17) is 16.3 Å². The molecule has 1 saturated heterocycles. The lowest BCUT2D eigenvalue weighted by molar-refractivity contribution is -0.0244. The Morgan fingerprint density at radius 1 is 1.39 bits per heavy atom. The molecule has 1 aromatic carbocycles. The van der Waals surface area contributed by atoms with Crippen LogP contribution >= 0.6 is 11.6 Å². The monoisotopic (exact) mass is 336 g/mol. The van der Waals surface area contributed by atoms with Crippen LogP contribution in [0, 0.1) is 12.3 Å². The molecule has 3 rings (SSSR count). The van der Waals surface area contributed by atoms with Crippen LogP contribution < -0.4 is 5.32 Å². The summed E-state index contributed by atoms with van der Waals surface area (Å²) in [6, 6.07) is 5.54. The third kappa shape index (κ3) is 3.33. The van der Waals surface area contributed by atoms with Crippen LogP contribution in [-0.4, -0.2) is 37.2 Å². The van der Waals surface area contributed by atoms with Gasteiger partial charge < -0.3 is 15.0 Å². The number of amides is 2. The molecule has 0 bridgehead atoms. The van der Waals surface area contributed by atoms with Crippen LogP contribution in [0.5, 0.6) is 0 Å². The molecule has 1 N–H and O–H groups in total. The lowest BCUT2D eigenvalue weighted by Crippen LogP contribution is -2.51. The molecule has 0 radical (unpaired) electrons. The zero-order valence-corrected chi connectivity index (χ0v) is 14.7. The predicted octanol–water partition coefficient (Wildman–Crippen LogP) is 4.46. The lowest BCUT2D eigenvalue weighted by Gasteiger charge is -2.43. The molecule has 1 spiro atoms. The quantitative estimate of drug-likeness (QED) is 0.866. The Morgan fingerprint density at radius 2 is 2.17 bits per heavy atom. The van der Waals surface area contributed by atoms with Gasteiger partial charge in [-0.1, -0.05) is 24.1 Å². The second-order valence-electron chi connectivity index (χ2n) is 6.89. The molecule has 5 heteroatoms. The number of urea groups is 1. The summed E-state index contributed by atoms with van der Waals surface area (Å²) < 4.78 is 5.71. The Balaban J connectivity index is 1.71. The first-order valence-electron chi connectivity index (χ1n) is 8.39. The SMILES string of the molecule is CO[C@@H]1CCC[C@]12CCCN(C(=O)Nc1cc(Cl)ccc1C)C2. The molecule has 2 fully saturated rings. The van der Waals surface area contributed by atoms with Crippen molar-refractivity contribution in [1.29, 1.82) is 0 Å². The third-order valence-electron chi connectivity index (χ3n) is 5.45. The summed E-state index contributed by atoms with van der Waals surface area (Å²) in [4.78, 5) is 14.6. The molecule has 1 aromatic rings. The van der Waals surface area contributed by atoms with Crippen molar-refractivity contribution in [2.45, 2.75) is 45.1 Å². The normalized spacial score (nSPS) is 27.4. The van der Waals surface area contributed by atoms with Crippen LogP contribution in [0.25, 0.3) is 0 Å². The van der Waals surface area contributed by atoms with E-state index in [2.05, 4.69) is 5.32 Å². The van der Waals surface area contributed by atoms with Gasteiger partial charge in [0.15, 0.2) is 0 Å². The van der Waals surface area contributed by atoms with Crippen molar-refractivity contribution in [2.75, 3.05) is 25.5 Å². The number of anilines is 1. The third-order valence-corrected chi connectivity index (χ3v) is 5.68. The smallest absolute Gasteiger partial charge is 0.321 e. The van der Waals surface area contributed by atoms with E-state index in [0.29, 0.717) is 5.02 Å². The summed E-state index contributed by atoms with van der Waals surface area (Å²) in [7, 11) is 1.80. The fraction of sp³-hybridized carbons (Fsp3) is 0.611. The fourth-order valence-corrected chi connectivity index (χ4v) is 4.37. The highest BCUT2D eigenvalue weighted by Gasteiger charge is 2.46. The molecular weight excluding hydrogens is 312 g/mol. The van der Waals surface area contributed by atoms with Gasteiger partial charge in [0.05, 0.1) is 6.10 Å². The Hall–Kier alpha value is -1.26. The molecular formula is C18H25ClN2O2. The highest BCUT2D eigenvalue weighted by Crippen LogP contribution is 2.46. The number of carbonyl (C=O) groups excluding carboxylic acids is 1. The number of carbonyl (C=O) groups is 1. The van der Waals surface area contributed by atoms with E-state index in [0.717, 1.165) is 50.0 Å². The minimum Gasteiger partial charge on any atom is -0.381 e. The van der Waals surface area contributed by atoms with Gasteiger partial charge in [-0.05, 0) is 50.3 Å². The minimum absolute atomic E-state index is 0.0313. The maximum atomic E-state index is 12.7. The van der Waals surface area contributed by atoms with E-state index in [1.807, 2.05) is 30.0 Å². The van der Waals surface area contributed by atoms with E-state index < -0.39 is 0 Å². The highest BCUT2D eigenvalue weighted by molar-refractivity contribution is 6.31. The number of rotatable bonds is 2. The van der Waals surface area contributed by atoms with Gasteiger partial charge >= 0.3 is 6.03 Å². The largest absolute Gasteiger partial charge is 0.381 e. The van der Waals surface area contributed by atoms with Gasteiger partial charge in [-0.3, -0.25) is 0 Å². The zero-order chi connectivity index (χ0) is 16.4. The highest BCUT2D eigenvalue weighted by atomic mass is 35.5. The summed E-state index contributed by atoms with van der Waals surface area (Å²) in [6.45, 7) is 3.57. The molecule has 4 nitrogen and oxygen atoms in total. The second-order valence-corrected chi connectivity index (χ2v) is 7.33. The summed E-state index contributed by atoms with van der Waals surface area (Å²) in [5.74, 6) is 0. The Kier molecular flexibility index (Phi) is 4.83. The van der Waals surface area contributed by atoms with E-state index in [1.54, 1.807) is 7.11 Å². The van der Waals surface area contributed by atoms with Gasteiger partial charge in [0.1, 0.15) is 0 Å². The number of methoxy groups -OCH3 is 1. The number of benzene rings is 1. The maximum Gasteiger partial charge on any atom is 0.321 e. The molecule has 23 heavy (non-hydrogen) atoms. The number of aryl methyl sites for hydroxylation is 1. The molecule has 126 valence electrons. The van der Waals surface area contributed by atoms with Gasteiger partial charge in [0.25, 0.3) is 0 Å².